The van der Waals surface area contributed by atoms with Crippen LogP contribution in [0.3, 0.4) is 0 Å². The molecule has 28 heavy (non-hydrogen) atoms. The second-order valence-corrected chi connectivity index (χ2v) is 11.0. The molecule has 0 bridgehead atoms. The number of likely N-dealkylation sites (N-methyl/N-ethyl adjacent to an activating group) is 1. The molecule has 0 radical (unpaired) electrons. The van der Waals surface area contributed by atoms with Gasteiger partial charge in [0.2, 0.25) is 11.8 Å². The summed E-state index contributed by atoms with van der Waals surface area (Å²) in [6.07, 6.45) is 7.37. The van der Waals surface area contributed by atoms with Crippen LogP contribution in [0.5, 0.6) is 0 Å². The first-order valence-electron chi connectivity index (χ1n) is 10.8. The van der Waals surface area contributed by atoms with Gasteiger partial charge in [0, 0.05) is 45.7 Å². The average Bonchev–Trinajstić information content (AvgIpc) is 3.07. The maximum Gasteiger partial charge on any atom is 0.239 e. The molecule has 2 atom stereocenters. The molecule has 2 amide bonds. The van der Waals surface area contributed by atoms with E-state index in [0.29, 0.717) is 44.9 Å². The van der Waals surface area contributed by atoms with Gasteiger partial charge in [0.1, 0.15) is 0 Å². The summed E-state index contributed by atoms with van der Waals surface area (Å²) in [5.41, 5.74) is 0. The van der Waals surface area contributed by atoms with E-state index in [2.05, 4.69) is 4.90 Å². The first-order valence-corrected chi connectivity index (χ1v) is 12.6. The fraction of sp³-hybridized carbons (Fsp3) is 0.900. The van der Waals surface area contributed by atoms with Crippen molar-refractivity contribution in [2.45, 2.75) is 64.0 Å². The topological polar surface area (TPSA) is 78.0 Å². The van der Waals surface area contributed by atoms with E-state index in [4.69, 9.17) is 0 Å². The average molecular weight is 414 g/mol. The Bertz CT molecular complexity index is 667. The molecule has 2 saturated heterocycles. The van der Waals surface area contributed by atoms with Crippen LogP contribution in [0.2, 0.25) is 0 Å². The number of hydrogen-bond acceptors (Lipinski definition) is 5. The van der Waals surface area contributed by atoms with Crippen LogP contribution >= 0.6 is 0 Å². The Morgan fingerprint density at radius 2 is 1.68 bits per heavy atom. The minimum absolute atomic E-state index is 0.0240. The lowest BCUT2D eigenvalue weighted by molar-refractivity contribution is -0.139. The molecule has 160 valence electrons. The van der Waals surface area contributed by atoms with Gasteiger partial charge in [0.05, 0.1) is 17.5 Å². The largest absolute Gasteiger partial charge is 0.340 e. The molecule has 2 heterocycles. The van der Waals surface area contributed by atoms with E-state index in [0.717, 1.165) is 0 Å². The number of nitrogens with zero attached hydrogens (tertiary/aromatic N) is 3. The van der Waals surface area contributed by atoms with Gasteiger partial charge >= 0.3 is 0 Å². The molecule has 0 spiro atoms. The predicted octanol–water partition coefficient (Wildman–Crippen LogP) is 1.14. The normalized spacial score (nSPS) is 27.5. The number of amides is 2. The lowest BCUT2D eigenvalue weighted by atomic mass is 9.86. The van der Waals surface area contributed by atoms with Gasteiger partial charge in [-0.25, -0.2) is 8.42 Å². The predicted molar refractivity (Wildman–Crippen MR) is 109 cm³/mol. The standard InChI is InChI=1S/C20H35N3O4S/c1-16(20(25)21(2)18-8-13-28(26,27)15-18)22-9-11-23(12-10-22)19(24)14-17-6-4-3-5-7-17/h16-18H,3-15H2,1-2H3. The Kier molecular flexibility index (Phi) is 7.02. The molecular formula is C20H35N3O4S. The van der Waals surface area contributed by atoms with Crippen molar-refractivity contribution in [1.29, 1.82) is 0 Å². The SMILES string of the molecule is CC(C(=O)N(C)C1CCS(=O)(=O)C1)N1CCN(C(=O)CC2CCCCC2)CC1. The van der Waals surface area contributed by atoms with Crippen LogP contribution < -0.4 is 0 Å². The molecular weight excluding hydrogens is 378 g/mol. The molecule has 0 aromatic rings. The van der Waals surface area contributed by atoms with Crippen LogP contribution in [-0.2, 0) is 19.4 Å². The highest BCUT2D eigenvalue weighted by molar-refractivity contribution is 7.91. The zero-order valence-corrected chi connectivity index (χ0v) is 18.1. The molecule has 7 nitrogen and oxygen atoms in total. The molecule has 1 aliphatic carbocycles. The number of carbonyl (C=O) groups excluding carboxylic acids is 2. The number of sulfone groups is 1. The van der Waals surface area contributed by atoms with E-state index in [-0.39, 0.29) is 35.4 Å². The third kappa shape index (κ3) is 5.26. The zero-order chi connectivity index (χ0) is 20.3. The van der Waals surface area contributed by atoms with Crippen LogP contribution in [0.15, 0.2) is 0 Å². The summed E-state index contributed by atoms with van der Waals surface area (Å²) >= 11 is 0. The Balaban J connectivity index is 1.45. The maximum absolute atomic E-state index is 12.8. The summed E-state index contributed by atoms with van der Waals surface area (Å²) in [4.78, 5) is 31.1. The van der Waals surface area contributed by atoms with Gasteiger partial charge < -0.3 is 9.80 Å². The molecule has 8 heteroatoms. The second kappa shape index (κ2) is 9.11. The van der Waals surface area contributed by atoms with Crippen LogP contribution in [0.1, 0.15) is 51.9 Å². The molecule has 3 aliphatic rings. The first-order chi connectivity index (χ1) is 13.3. The molecule has 2 unspecified atom stereocenters. The van der Waals surface area contributed by atoms with Gasteiger partial charge in [-0.2, -0.15) is 0 Å². The fourth-order valence-electron chi connectivity index (χ4n) is 4.84. The Morgan fingerprint density at radius 3 is 2.25 bits per heavy atom. The van der Waals surface area contributed by atoms with Crippen molar-refractivity contribution in [1.82, 2.24) is 14.7 Å². The Morgan fingerprint density at radius 1 is 1.04 bits per heavy atom. The summed E-state index contributed by atoms with van der Waals surface area (Å²) in [7, 11) is -1.29. The van der Waals surface area contributed by atoms with Crippen molar-refractivity contribution < 1.29 is 18.0 Å². The molecule has 0 aromatic carbocycles. The quantitative estimate of drug-likeness (QED) is 0.675. The Hall–Kier alpha value is -1.15. The van der Waals surface area contributed by atoms with Gasteiger partial charge in [-0.15, -0.1) is 0 Å². The summed E-state index contributed by atoms with van der Waals surface area (Å²) in [6, 6.07) is -0.498. The van der Waals surface area contributed by atoms with Crippen molar-refractivity contribution in [2.24, 2.45) is 5.92 Å². The number of carbonyl (C=O) groups is 2. The molecule has 0 aromatic heterocycles. The second-order valence-electron chi connectivity index (χ2n) is 8.81. The molecule has 1 saturated carbocycles. The summed E-state index contributed by atoms with van der Waals surface area (Å²) in [5, 5.41) is 0. The highest BCUT2D eigenvalue weighted by Crippen LogP contribution is 2.27. The zero-order valence-electron chi connectivity index (χ0n) is 17.3. The van der Waals surface area contributed by atoms with Crippen molar-refractivity contribution in [3.63, 3.8) is 0 Å². The van der Waals surface area contributed by atoms with E-state index in [9.17, 15) is 18.0 Å². The van der Waals surface area contributed by atoms with Crippen LogP contribution in [-0.4, -0.2) is 91.7 Å². The van der Waals surface area contributed by atoms with E-state index < -0.39 is 9.84 Å². The van der Waals surface area contributed by atoms with Crippen molar-refractivity contribution >= 4 is 21.7 Å². The smallest absolute Gasteiger partial charge is 0.239 e. The molecule has 3 fully saturated rings. The van der Waals surface area contributed by atoms with Crippen LogP contribution in [0.4, 0.5) is 0 Å². The van der Waals surface area contributed by atoms with E-state index in [1.807, 2.05) is 11.8 Å². The molecule has 0 N–H and O–H groups in total. The summed E-state index contributed by atoms with van der Waals surface area (Å²) < 4.78 is 23.4. The van der Waals surface area contributed by atoms with Gasteiger partial charge in [0.15, 0.2) is 9.84 Å². The number of piperazine rings is 1. The third-order valence-electron chi connectivity index (χ3n) is 6.86. The van der Waals surface area contributed by atoms with Crippen LogP contribution in [0, 0.1) is 5.92 Å². The van der Waals surface area contributed by atoms with Crippen molar-refractivity contribution in [3.8, 4) is 0 Å². The number of rotatable bonds is 5. The molecule has 2 aliphatic heterocycles. The van der Waals surface area contributed by atoms with Crippen LogP contribution in [0.25, 0.3) is 0 Å². The van der Waals surface area contributed by atoms with E-state index >= 15 is 0 Å². The lowest BCUT2D eigenvalue weighted by Gasteiger charge is -2.39. The Labute approximate surface area is 169 Å². The monoisotopic (exact) mass is 413 g/mol. The summed E-state index contributed by atoms with van der Waals surface area (Å²) in [5.74, 6) is 1.04. The number of hydrogen-bond donors (Lipinski definition) is 0. The lowest BCUT2D eigenvalue weighted by Crippen LogP contribution is -2.56. The van der Waals surface area contributed by atoms with Crippen molar-refractivity contribution in [3.05, 3.63) is 0 Å². The first kappa shape index (κ1) is 21.6. The molecule has 3 rings (SSSR count). The highest BCUT2D eigenvalue weighted by Gasteiger charge is 2.36. The highest BCUT2D eigenvalue weighted by atomic mass is 32.2. The minimum Gasteiger partial charge on any atom is -0.340 e. The minimum atomic E-state index is -3.01. The maximum atomic E-state index is 12.8. The van der Waals surface area contributed by atoms with E-state index in [1.54, 1.807) is 11.9 Å². The van der Waals surface area contributed by atoms with E-state index in [1.165, 1.54) is 32.1 Å². The van der Waals surface area contributed by atoms with Gasteiger partial charge in [0.25, 0.3) is 0 Å². The van der Waals surface area contributed by atoms with Crippen molar-refractivity contribution in [2.75, 3.05) is 44.7 Å². The van der Waals surface area contributed by atoms with Gasteiger partial charge in [-0.05, 0) is 32.1 Å². The van der Waals surface area contributed by atoms with Gasteiger partial charge in [-0.3, -0.25) is 14.5 Å². The fourth-order valence-corrected chi connectivity index (χ4v) is 6.61. The summed E-state index contributed by atoms with van der Waals surface area (Å²) in [6.45, 7) is 4.62. The third-order valence-corrected chi connectivity index (χ3v) is 8.61. The van der Waals surface area contributed by atoms with Gasteiger partial charge in [-0.1, -0.05) is 19.3 Å².